The molecule has 0 aromatic heterocycles. The zero-order valence-electron chi connectivity index (χ0n) is 29.7. The van der Waals surface area contributed by atoms with Crippen LogP contribution in [0.2, 0.25) is 0 Å². The molecule has 0 aromatic rings. The molecule has 8 fully saturated rings. The van der Waals surface area contributed by atoms with E-state index in [4.69, 9.17) is 23.7 Å². The van der Waals surface area contributed by atoms with Gasteiger partial charge in [0.2, 0.25) is 0 Å². The molecule has 0 amide bonds. The second-order valence-electron chi connectivity index (χ2n) is 18.9. The van der Waals surface area contributed by atoms with Gasteiger partial charge in [-0.15, -0.1) is 0 Å². The minimum atomic E-state index is -1.32. The van der Waals surface area contributed by atoms with Crippen LogP contribution >= 0.6 is 0 Å². The van der Waals surface area contributed by atoms with Gasteiger partial charge in [0.15, 0.2) is 12.1 Å². The van der Waals surface area contributed by atoms with Gasteiger partial charge in [0.05, 0.1) is 31.0 Å². The minimum Gasteiger partial charge on any atom is -0.459 e. The third kappa shape index (κ3) is 3.95. The van der Waals surface area contributed by atoms with Crippen molar-refractivity contribution in [3.63, 3.8) is 0 Å². The van der Waals surface area contributed by atoms with Crippen molar-refractivity contribution >= 4 is 5.97 Å². The van der Waals surface area contributed by atoms with Crippen LogP contribution in [0.15, 0.2) is 0 Å². The molecule has 3 spiro atoms. The molecule has 48 heavy (non-hydrogen) atoms. The van der Waals surface area contributed by atoms with E-state index in [1.165, 1.54) is 6.92 Å². The van der Waals surface area contributed by atoms with Crippen molar-refractivity contribution in [3.8, 4) is 0 Å². The quantitative estimate of drug-likeness (QED) is 0.219. The first-order valence-electron chi connectivity index (χ1n) is 18.5. The molecule has 3 heterocycles. The van der Waals surface area contributed by atoms with Gasteiger partial charge in [-0.25, -0.2) is 0 Å². The Hall–Kier alpha value is -0.890. The lowest BCUT2D eigenvalue weighted by Crippen LogP contribution is -2.63. The molecule has 2 bridgehead atoms. The van der Waals surface area contributed by atoms with E-state index in [9.17, 15) is 30.3 Å². The van der Waals surface area contributed by atoms with Gasteiger partial charge >= 0.3 is 5.97 Å². The predicted octanol–water partition coefficient (Wildman–Crippen LogP) is 2.81. The Bertz CT molecular complexity index is 1350. The molecule has 3 aliphatic heterocycles. The van der Waals surface area contributed by atoms with Crippen LogP contribution in [0.5, 0.6) is 0 Å². The van der Waals surface area contributed by atoms with Crippen molar-refractivity contribution < 1.29 is 54.0 Å². The highest BCUT2D eigenvalue weighted by atomic mass is 16.7. The number of esters is 1. The van der Waals surface area contributed by atoms with E-state index in [0.29, 0.717) is 25.4 Å². The largest absolute Gasteiger partial charge is 0.459 e. The molecular formula is C37H58O11. The SMILES string of the molecule is CC(=O)O[C@H]1[C@@H](O)[C@@]2(C)[C@@H]3CC[C@@H]4C(C)(C)[C@@H](O[C@@H]5OC[C@@H](O)[C@H](O)[C@H]5O)CC[C@@]45C[C@@]35CC[C@@]23CO[C@@]2(C(C)(C)O)CC[C@](C)(O2)[C@@H]13. The summed E-state index contributed by atoms with van der Waals surface area (Å²) in [4.78, 5) is 12.7. The number of carbonyl (C=O) groups is 1. The normalized spacial score (nSPS) is 58.1. The first-order chi connectivity index (χ1) is 22.3. The summed E-state index contributed by atoms with van der Waals surface area (Å²) in [5.74, 6) is -1.33. The van der Waals surface area contributed by atoms with Crippen molar-refractivity contribution in [3.05, 3.63) is 0 Å². The summed E-state index contributed by atoms with van der Waals surface area (Å²) < 4.78 is 31.9. The molecule has 5 aliphatic carbocycles. The van der Waals surface area contributed by atoms with Crippen LogP contribution in [0.4, 0.5) is 0 Å². The molecule has 0 unspecified atom stereocenters. The minimum absolute atomic E-state index is 0.0248. The molecule has 5 N–H and O–H groups in total. The van der Waals surface area contributed by atoms with Gasteiger partial charge < -0.3 is 49.2 Å². The van der Waals surface area contributed by atoms with E-state index in [-0.39, 0.29) is 40.8 Å². The Kier molecular flexibility index (Phi) is 7.24. The molecule has 272 valence electrons. The summed E-state index contributed by atoms with van der Waals surface area (Å²) in [6, 6.07) is 0. The zero-order valence-corrected chi connectivity index (χ0v) is 29.7. The molecule has 3 saturated heterocycles. The Labute approximate surface area is 284 Å². The third-order valence-corrected chi connectivity index (χ3v) is 16.4. The lowest BCUT2D eigenvalue weighted by Gasteiger charge is -2.64. The fourth-order valence-electron chi connectivity index (χ4n) is 14.1. The molecule has 0 aromatic carbocycles. The molecule has 11 heteroatoms. The molecular weight excluding hydrogens is 620 g/mol. The van der Waals surface area contributed by atoms with Crippen molar-refractivity contribution in [1.82, 2.24) is 0 Å². The highest BCUT2D eigenvalue weighted by molar-refractivity contribution is 5.66. The van der Waals surface area contributed by atoms with Crippen LogP contribution in [0.1, 0.15) is 106 Å². The van der Waals surface area contributed by atoms with Gasteiger partial charge in [0.25, 0.3) is 0 Å². The van der Waals surface area contributed by atoms with Crippen molar-refractivity contribution in [1.29, 1.82) is 0 Å². The van der Waals surface area contributed by atoms with Crippen LogP contribution in [-0.4, -0.2) is 105 Å². The van der Waals surface area contributed by atoms with Gasteiger partial charge in [0.1, 0.15) is 30.0 Å². The number of hydrogen-bond acceptors (Lipinski definition) is 11. The molecule has 8 aliphatic rings. The number of rotatable bonds is 4. The lowest BCUT2D eigenvalue weighted by molar-refractivity contribution is -0.317. The predicted molar refractivity (Wildman–Crippen MR) is 170 cm³/mol. The van der Waals surface area contributed by atoms with E-state index in [2.05, 4.69) is 27.7 Å². The van der Waals surface area contributed by atoms with Gasteiger partial charge in [-0.2, -0.15) is 0 Å². The van der Waals surface area contributed by atoms with E-state index in [0.717, 1.165) is 44.9 Å². The zero-order chi connectivity index (χ0) is 34.7. The molecule has 11 nitrogen and oxygen atoms in total. The van der Waals surface area contributed by atoms with E-state index < -0.39 is 70.6 Å². The van der Waals surface area contributed by atoms with Gasteiger partial charge in [-0.3, -0.25) is 4.79 Å². The number of aliphatic hydroxyl groups excluding tert-OH is 4. The van der Waals surface area contributed by atoms with Crippen LogP contribution in [-0.2, 0) is 28.5 Å². The van der Waals surface area contributed by atoms with Crippen LogP contribution in [0.25, 0.3) is 0 Å². The topological polar surface area (TPSA) is 164 Å². The van der Waals surface area contributed by atoms with E-state index in [1.807, 2.05) is 0 Å². The third-order valence-electron chi connectivity index (χ3n) is 16.4. The Morgan fingerprint density at radius 3 is 2.21 bits per heavy atom. The van der Waals surface area contributed by atoms with Crippen molar-refractivity contribution in [2.75, 3.05) is 13.2 Å². The number of aliphatic hydroxyl groups is 5. The number of ether oxygens (including phenoxy) is 5. The molecule has 5 saturated carbocycles. The Morgan fingerprint density at radius 2 is 1.52 bits per heavy atom. The summed E-state index contributed by atoms with van der Waals surface area (Å²) in [5.41, 5.74) is -3.27. The van der Waals surface area contributed by atoms with Crippen molar-refractivity contribution in [2.45, 2.75) is 166 Å². The van der Waals surface area contributed by atoms with E-state index in [1.54, 1.807) is 13.8 Å². The maximum absolute atomic E-state index is 12.7. The highest BCUT2D eigenvalue weighted by Gasteiger charge is 2.87. The first kappa shape index (κ1) is 34.2. The fourth-order valence-corrected chi connectivity index (χ4v) is 14.1. The standard InChI is InChI=1S/C37H58O11/c1-19(38)46-26-27-32(6)12-15-37(48-32,31(4,5)43)45-18-36(27)14-13-35-17-34(35)11-10-23(47-29-25(41)24(40)20(39)16-44-29)30(2,3)21(34)8-9-22(35)33(36,7)28(26)42/h20-29,39-43H,8-18H2,1-7H3/t20-,21-,22+,23+,24+,25-,26-,27-,28-,29+,32+,33-,34-,35+,36+,37+/m1/s1. The van der Waals surface area contributed by atoms with Gasteiger partial charge in [0, 0.05) is 30.1 Å². The average molecular weight is 679 g/mol. The summed E-state index contributed by atoms with van der Waals surface area (Å²) in [5, 5.41) is 54.9. The van der Waals surface area contributed by atoms with Crippen molar-refractivity contribution in [2.24, 2.45) is 44.8 Å². The van der Waals surface area contributed by atoms with Gasteiger partial charge in [-0.05, 0) is 100 Å². The second-order valence-corrected chi connectivity index (χ2v) is 18.9. The number of hydrogen-bond donors (Lipinski definition) is 5. The summed E-state index contributed by atoms with van der Waals surface area (Å²) in [6.07, 6.45) is 1.09. The number of fused-ring (bicyclic) bond motifs is 4. The second kappa shape index (κ2) is 10.2. The van der Waals surface area contributed by atoms with Crippen LogP contribution in [0, 0.1) is 44.8 Å². The average Bonchev–Trinajstić information content (AvgIpc) is 3.50. The summed E-state index contributed by atoms with van der Waals surface area (Å²) in [7, 11) is 0. The molecule has 0 radical (unpaired) electrons. The molecule has 16 atom stereocenters. The Morgan fingerprint density at radius 1 is 0.854 bits per heavy atom. The first-order valence-corrected chi connectivity index (χ1v) is 18.5. The smallest absolute Gasteiger partial charge is 0.303 e. The lowest BCUT2D eigenvalue weighted by atomic mass is 9.41. The Balaban J connectivity index is 1.13. The van der Waals surface area contributed by atoms with Crippen LogP contribution < -0.4 is 0 Å². The highest BCUT2D eigenvalue weighted by Crippen LogP contribution is 2.89. The fraction of sp³-hybridized carbons (Fsp3) is 0.973. The molecule has 8 rings (SSSR count). The van der Waals surface area contributed by atoms with Gasteiger partial charge in [-0.1, -0.05) is 20.8 Å². The maximum Gasteiger partial charge on any atom is 0.303 e. The van der Waals surface area contributed by atoms with Crippen LogP contribution in [0.3, 0.4) is 0 Å². The van der Waals surface area contributed by atoms with E-state index >= 15 is 0 Å². The maximum atomic E-state index is 12.7. The summed E-state index contributed by atoms with van der Waals surface area (Å²) in [6.45, 7) is 14.0. The monoisotopic (exact) mass is 678 g/mol. The number of carbonyl (C=O) groups excluding carboxylic acids is 1. The summed E-state index contributed by atoms with van der Waals surface area (Å²) >= 11 is 0.